The maximum absolute atomic E-state index is 11.2. The number of carbonyl (C=O) groups is 1. The molecule has 1 aromatic carbocycles. The van der Waals surface area contributed by atoms with Gasteiger partial charge in [0.15, 0.2) is 0 Å². The summed E-state index contributed by atoms with van der Waals surface area (Å²) in [5, 5.41) is 12.4. The molecule has 0 aromatic heterocycles. The molecule has 0 aliphatic heterocycles. The lowest BCUT2D eigenvalue weighted by Gasteiger charge is -2.14. The van der Waals surface area contributed by atoms with E-state index in [0.717, 1.165) is 0 Å². The number of ether oxygens (including phenoxy) is 1. The van der Waals surface area contributed by atoms with Crippen LogP contribution in [0.25, 0.3) is 0 Å². The van der Waals surface area contributed by atoms with Crippen molar-refractivity contribution in [2.75, 3.05) is 13.7 Å². The van der Waals surface area contributed by atoms with Gasteiger partial charge in [-0.15, -0.1) is 0 Å². The maximum Gasteiger partial charge on any atom is 0.236 e. The second-order valence-corrected chi connectivity index (χ2v) is 3.83. The molecule has 0 aliphatic carbocycles. The molecular formula is C12H18N2O3. The van der Waals surface area contributed by atoms with E-state index in [1.807, 2.05) is 0 Å². The smallest absolute Gasteiger partial charge is 0.236 e. The van der Waals surface area contributed by atoms with E-state index in [1.165, 1.54) is 0 Å². The van der Waals surface area contributed by atoms with Gasteiger partial charge < -0.3 is 20.9 Å². The summed E-state index contributed by atoms with van der Waals surface area (Å²) in [4.78, 5) is 11.2. The molecule has 0 aliphatic rings. The minimum atomic E-state index is -0.771. The Morgan fingerprint density at radius 2 is 2.29 bits per heavy atom. The van der Waals surface area contributed by atoms with Gasteiger partial charge in [0, 0.05) is 6.54 Å². The predicted molar refractivity (Wildman–Crippen MR) is 64.6 cm³/mol. The molecule has 1 amide bonds. The number of aliphatic hydroxyl groups excluding tert-OH is 1. The van der Waals surface area contributed by atoms with Gasteiger partial charge in [0.2, 0.25) is 5.91 Å². The van der Waals surface area contributed by atoms with Crippen molar-refractivity contribution >= 4 is 5.91 Å². The third-order valence-electron chi connectivity index (χ3n) is 2.36. The van der Waals surface area contributed by atoms with Gasteiger partial charge in [0.05, 0.1) is 19.3 Å². The van der Waals surface area contributed by atoms with Crippen molar-refractivity contribution in [3.05, 3.63) is 29.8 Å². The molecular weight excluding hydrogens is 220 g/mol. The van der Waals surface area contributed by atoms with Gasteiger partial charge in [-0.3, -0.25) is 4.79 Å². The summed E-state index contributed by atoms with van der Waals surface area (Å²) in [6.07, 6.45) is -0.771. The fourth-order valence-electron chi connectivity index (χ4n) is 1.32. The number of carbonyl (C=O) groups excluding carboxylic acids is 1. The van der Waals surface area contributed by atoms with Crippen molar-refractivity contribution in [3.8, 4) is 5.75 Å². The lowest BCUT2D eigenvalue weighted by Crippen LogP contribution is -2.40. The first-order valence-electron chi connectivity index (χ1n) is 5.40. The molecule has 0 spiro atoms. The van der Waals surface area contributed by atoms with E-state index in [1.54, 1.807) is 38.3 Å². The number of nitrogens with one attached hydrogen (secondary N) is 1. The molecule has 94 valence electrons. The number of hydrogen-bond acceptors (Lipinski definition) is 4. The van der Waals surface area contributed by atoms with Crippen LogP contribution in [0.2, 0.25) is 0 Å². The molecule has 4 N–H and O–H groups in total. The number of nitrogens with two attached hydrogens (primary N) is 1. The average molecular weight is 238 g/mol. The maximum atomic E-state index is 11.2. The van der Waals surface area contributed by atoms with Crippen LogP contribution >= 0.6 is 0 Å². The van der Waals surface area contributed by atoms with Gasteiger partial charge >= 0.3 is 0 Å². The number of amides is 1. The molecule has 2 atom stereocenters. The van der Waals surface area contributed by atoms with Crippen molar-refractivity contribution in [2.45, 2.75) is 19.1 Å². The second-order valence-electron chi connectivity index (χ2n) is 3.83. The molecule has 0 radical (unpaired) electrons. The summed E-state index contributed by atoms with van der Waals surface area (Å²) in [6, 6.07) is 6.49. The molecule has 5 heteroatoms. The SMILES string of the molecule is COc1cccc(C(O)CNC(=O)[C@H](C)N)c1. The lowest BCUT2D eigenvalue weighted by molar-refractivity contribution is -0.122. The quantitative estimate of drug-likeness (QED) is 0.683. The van der Waals surface area contributed by atoms with Crippen molar-refractivity contribution in [1.82, 2.24) is 5.32 Å². The van der Waals surface area contributed by atoms with Crippen LogP contribution in [0, 0.1) is 0 Å². The highest BCUT2D eigenvalue weighted by Gasteiger charge is 2.12. The van der Waals surface area contributed by atoms with Crippen LogP contribution in [0.4, 0.5) is 0 Å². The fraction of sp³-hybridized carbons (Fsp3) is 0.417. The fourth-order valence-corrected chi connectivity index (χ4v) is 1.32. The first-order valence-corrected chi connectivity index (χ1v) is 5.40. The number of benzene rings is 1. The molecule has 0 saturated carbocycles. The highest BCUT2D eigenvalue weighted by Crippen LogP contribution is 2.18. The van der Waals surface area contributed by atoms with Crippen molar-refractivity contribution in [3.63, 3.8) is 0 Å². The van der Waals surface area contributed by atoms with Gasteiger partial charge in [0.1, 0.15) is 5.75 Å². The molecule has 0 fully saturated rings. The Morgan fingerprint density at radius 3 is 2.88 bits per heavy atom. The molecule has 0 heterocycles. The first kappa shape index (κ1) is 13.5. The zero-order valence-electron chi connectivity index (χ0n) is 10.0. The Kier molecular flexibility index (Phi) is 4.93. The number of hydrogen-bond donors (Lipinski definition) is 3. The molecule has 0 saturated heterocycles. The Balaban J connectivity index is 2.57. The summed E-state index contributed by atoms with van der Waals surface area (Å²) >= 11 is 0. The van der Waals surface area contributed by atoms with E-state index in [-0.39, 0.29) is 12.5 Å². The van der Waals surface area contributed by atoms with E-state index < -0.39 is 12.1 Å². The summed E-state index contributed by atoms with van der Waals surface area (Å²) < 4.78 is 5.05. The molecule has 5 nitrogen and oxygen atoms in total. The Hall–Kier alpha value is -1.59. The lowest BCUT2D eigenvalue weighted by atomic mass is 10.1. The van der Waals surface area contributed by atoms with Crippen molar-refractivity contribution in [2.24, 2.45) is 5.73 Å². The Labute approximate surface area is 101 Å². The third-order valence-corrected chi connectivity index (χ3v) is 2.36. The van der Waals surface area contributed by atoms with Crippen LogP contribution in [0.3, 0.4) is 0 Å². The van der Waals surface area contributed by atoms with Crippen LogP contribution in [-0.4, -0.2) is 30.7 Å². The minimum absolute atomic E-state index is 0.132. The van der Waals surface area contributed by atoms with E-state index >= 15 is 0 Å². The Morgan fingerprint density at radius 1 is 1.59 bits per heavy atom. The molecule has 1 rings (SSSR count). The monoisotopic (exact) mass is 238 g/mol. The van der Waals surface area contributed by atoms with Crippen LogP contribution in [0.1, 0.15) is 18.6 Å². The highest BCUT2D eigenvalue weighted by atomic mass is 16.5. The topological polar surface area (TPSA) is 84.6 Å². The summed E-state index contributed by atoms with van der Waals surface area (Å²) in [6.45, 7) is 1.72. The van der Waals surface area contributed by atoms with Gasteiger partial charge in [-0.1, -0.05) is 12.1 Å². The van der Waals surface area contributed by atoms with Gasteiger partial charge in [-0.05, 0) is 24.6 Å². The number of aliphatic hydroxyl groups is 1. The van der Waals surface area contributed by atoms with Crippen LogP contribution < -0.4 is 15.8 Å². The van der Waals surface area contributed by atoms with Gasteiger partial charge in [0.25, 0.3) is 0 Å². The standard InChI is InChI=1S/C12H18N2O3/c1-8(13)12(16)14-7-11(15)9-4-3-5-10(6-9)17-2/h3-6,8,11,15H,7,13H2,1-2H3,(H,14,16)/t8-,11?/m0/s1. The van der Waals surface area contributed by atoms with Crippen molar-refractivity contribution in [1.29, 1.82) is 0 Å². The third kappa shape index (κ3) is 4.05. The second kappa shape index (κ2) is 6.22. The molecule has 17 heavy (non-hydrogen) atoms. The minimum Gasteiger partial charge on any atom is -0.497 e. The van der Waals surface area contributed by atoms with E-state index in [0.29, 0.717) is 11.3 Å². The normalized spacial score (nSPS) is 13.9. The van der Waals surface area contributed by atoms with Gasteiger partial charge in [-0.2, -0.15) is 0 Å². The predicted octanol–water partition coefficient (Wildman–Crippen LogP) is 0.192. The zero-order valence-corrected chi connectivity index (χ0v) is 10.0. The molecule has 1 unspecified atom stereocenters. The Bertz CT molecular complexity index is 380. The molecule has 1 aromatic rings. The van der Waals surface area contributed by atoms with Crippen LogP contribution in [0.15, 0.2) is 24.3 Å². The summed E-state index contributed by atoms with van der Waals surface area (Å²) in [7, 11) is 1.56. The van der Waals surface area contributed by atoms with Crippen LogP contribution in [-0.2, 0) is 4.79 Å². The average Bonchev–Trinajstić information content (AvgIpc) is 2.35. The van der Waals surface area contributed by atoms with Crippen molar-refractivity contribution < 1.29 is 14.6 Å². The zero-order chi connectivity index (χ0) is 12.8. The molecule has 0 bridgehead atoms. The summed E-state index contributed by atoms with van der Waals surface area (Å²) in [5.41, 5.74) is 6.08. The van der Waals surface area contributed by atoms with E-state index in [9.17, 15) is 9.90 Å². The van der Waals surface area contributed by atoms with E-state index in [2.05, 4.69) is 5.32 Å². The number of methoxy groups -OCH3 is 1. The number of rotatable bonds is 5. The summed E-state index contributed by atoms with van der Waals surface area (Å²) in [5.74, 6) is 0.381. The highest BCUT2D eigenvalue weighted by molar-refractivity contribution is 5.80. The van der Waals surface area contributed by atoms with Gasteiger partial charge in [-0.25, -0.2) is 0 Å². The van der Waals surface area contributed by atoms with Crippen LogP contribution in [0.5, 0.6) is 5.75 Å². The first-order chi connectivity index (χ1) is 8.04. The van der Waals surface area contributed by atoms with E-state index in [4.69, 9.17) is 10.5 Å². The largest absolute Gasteiger partial charge is 0.497 e.